The van der Waals surface area contributed by atoms with Gasteiger partial charge in [0, 0.05) is 18.5 Å². The number of piperidine rings is 1. The molecule has 1 aliphatic rings. The zero-order valence-electron chi connectivity index (χ0n) is 12.5. The van der Waals surface area contributed by atoms with E-state index in [1.807, 2.05) is 24.3 Å². The van der Waals surface area contributed by atoms with E-state index >= 15 is 0 Å². The van der Waals surface area contributed by atoms with Crippen LogP contribution in [0.25, 0.3) is 0 Å². The molecule has 1 aromatic carbocycles. The number of nitrogens with one attached hydrogen (secondary N) is 1. The van der Waals surface area contributed by atoms with Crippen molar-refractivity contribution < 1.29 is 14.7 Å². The fourth-order valence-electron chi connectivity index (χ4n) is 2.65. The molecule has 7 heteroatoms. The highest BCUT2D eigenvalue weighted by molar-refractivity contribution is 7.11. The molecule has 1 amide bonds. The molecule has 0 saturated carbocycles. The third-order valence-electron chi connectivity index (χ3n) is 3.77. The average Bonchev–Trinajstić information content (AvgIpc) is 3.07. The predicted molar refractivity (Wildman–Crippen MR) is 89.5 cm³/mol. The molecule has 1 aromatic heterocycles. The maximum absolute atomic E-state index is 12.3. The first kappa shape index (κ1) is 15.5. The summed E-state index contributed by atoms with van der Waals surface area (Å²) in [6.45, 7) is 1.96. The monoisotopic (exact) mass is 331 g/mol. The van der Waals surface area contributed by atoms with Gasteiger partial charge in [0.1, 0.15) is 5.69 Å². The molecule has 0 radical (unpaired) electrons. The highest BCUT2D eigenvalue weighted by Gasteiger charge is 2.18. The number of thiazole rings is 1. The van der Waals surface area contributed by atoms with Gasteiger partial charge in [-0.2, -0.15) is 0 Å². The summed E-state index contributed by atoms with van der Waals surface area (Å²) < 4.78 is 0. The van der Waals surface area contributed by atoms with Crippen LogP contribution in [-0.4, -0.2) is 35.1 Å². The van der Waals surface area contributed by atoms with Crippen molar-refractivity contribution in [2.75, 3.05) is 23.3 Å². The number of hydrogen-bond acceptors (Lipinski definition) is 5. The van der Waals surface area contributed by atoms with E-state index in [0.29, 0.717) is 0 Å². The summed E-state index contributed by atoms with van der Waals surface area (Å²) >= 11 is 0.947. The second-order valence-electron chi connectivity index (χ2n) is 5.36. The first-order valence-corrected chi connectivity index (χ1v) is 8.37. The molecule has 0 unspecified atom stereocenters. The van der Waals surface area contributed by atoms with E-state index in [4.69, 9.17) is 5.11 Å². The summed E-state index contributed by atoms with van der Waals surface area (Å²) in [6, 6.07) is 7.66. The third-order valence-corrected chi connectivity index (χ3v) is 4.60. The number of amides is 1. The highest BCUT2D eigenvalue weighted by Crippen LogP contribution is 2.28. The molecule has 0 aliphatic carbocycles. The molecular weight excluding hydrogens is 314 g/mol. The Hall–Kier alpha value is -2.41. The maximum Gasteiger partial charge on any atom is 0.365 e. The Morgan fingerprint density at radius 2 is 1.91 bits per heavy atom. The fraction of sp³-hybridized carbons (Fsp3) is 0.312. The number of carboxylic acids is 1. The maximum atomic E-state index is 12.3. The van der Waals surface area contributed by atoms with Gasteiger partial charge in [0.05, 0.1) is 11.4 Å². The van der Waals surface area contributed by atoms with Crippen molar-refractivity contribution in [2.24, 2.45) is 0 Å². The minimum atomic E-state index is -1.12. The first-order valence-electron chi connectivity index (χ1n) is 7.49. The minimum absolute atomic E-state index is 0.0838. The zero-order valence-corrected chi connectivity index (χ0v) is 13.3. The molecule has 1 fully saturated rings. The van der Waals surface area contributed by atoms with Gasteiger partial charge >= 0.3 is 5.97 Å². The van der Waals surface area contributed by atoms with E-state index in [2.05, 4.69) is 15.2 Å². The summed E-state index contributed by atoms with van der Waals surface area (Å²) in [4.78, 5) is 29.3. The quantitative estimate of drug-likeness (QED) is 0.899. The van der Waals surface area contributed by atoms with E-state index < -0.39 is 11.9 Å². The van der Waals surface area contributed by atoms with Crippen molar-refractivity contribution in [3.8, 4) is 0 Å². The number of nitrogens with zero attached hydrogens (tertiary/aromatic N) is 2. The summed E-state index contributed by atoms with van der Waals surface area (Å²) in [6.07, 6.45) is 3.54. The van der Waals surface area contributed by atoms with Gasteiger partial charge in [0.2, 0.25) is 5.01 Å². The molecular formula is C16H17N3O3S. The van der Waals surface area contributed by atoms with Crippen LogP contribution in [0.3, 0.4) is 0 Å². The lowest BCUT2D eigenvalue weighted by molar-refractivity contribution is 0.0696. The first-order chi connectivity index (χ1) is 11.1. The van der Waals surface area contributed by atoms with Crippen LogP contribution in [0.4, 0.5) is 11.4 Å². The normalized spacial score (nSPS) is 14.5. The molecule has 0 atom stereocenters. The smallest absolute Gasteiger partial charge is 0.365 e. The van der Waals surface area contributed by atoms with Crippen molar-refractivity contribution in [3.63, 3.8) is 0 Å². The number of aromatic nitrogens is 1. The summed E-state index contributed by atoms with van der Waals surface area (Å²) in [5, 5.41) is 13.1. The van der Waals surface area contributed by atoms with Crippen LogP contribution in [0.2, 0.25) is 0 Å². The second kappa shape index (κ2) is 6.78. The van der Waals surface area contributed by atoms with Gasteiger partial charge in [0.15, 0.2) is 0 Å². The van der Waals surface area contributed by atoms with Gasteiger partial charge < -0.3 is 15.3 Å². The van der Waals surface area contributed by atoms with Crippen LogP contribution in [0, 0.1) is 0 Å². The van der Waals surface area contributed by atoms with E-state index in [0.717, 1.165) is 48.6 Å². The Balaban J connectivity index is 1.79. The Labute approximate surface area is 137 Å². The summed E-state index contributed by atoms with van der Waals surface area (Å²) in [5.41, 5.74) is 1.85. The standard InChI is InChI=1S/C16H17N3O3S/c20-14(12-10-23-15(18-12)16(21)22)17-11-6-2-3-7-13(11)19-8-4-1-5-9-19/h2-3,6-7,10H,1,4-5,8-9H2,(H,17,20)(H,21,22). The van der Waals surface area contributed by atoms with E-state index in [9.17, 15) is 9.59 Å². The van der Waals surface area contributed by atoms with Crippen molar-refractivity contribution >= 4 is 34.6 Å². The number of anilines is 2. The number of carbonyl (C=O) groups excluding carboxylic acids is 1. The number of carbonyl (C=O) groups is 2. The van der Waals surface area contributed by atoms with Crippen molar-refractivity contribution in [3.05, 3.63) is 40.3 Å². The number of benzene rings is 1. The van der Waals surface area contributed by atoms with Gasteiger partial charge in [0.25, 0.3) is 5.91 Å². The predicted octanol–water partition coefficient (Wildman–Crippen LogP) is 3.08. The number of carboxylic acid groups (broad SMARTS) is 1. The van der Waals surface area contributed by atoms with Crippen molar-refractivity contribution in [1.82, 2.24) is 4.98 Å². The van der Waals surface area contributed by atoms with Crippen molar-refractivity contribution in [2.45, 2.75) is 19.3 Å². The van der Waals surface area contributed by atoms with Gasteiger partial charge in [-0.05, 0) is 31.4 Å². The van der Waals surface area contributed by atoms with Gasteiger partial charge in [-0.1, -0.05) is 12.1 Å². The number of aromatic carboxylic acids is 1. The van der Waals surface area contributed by atoms with Crippen LogP contribution in [0.1, 0.15) is 39.6 Å². The van der Waals surface area contributed by atoms with E-state index in [1.54, 1.807) is 0 Å². The lowest BCUT2D eigenvalue weighted by Gasteiger charge is -2.30. The molecule has 0 bridgehead atoms. The number of para-hydroxylation sites is 2. The van der Waals surface area contributed by atoms with E-state index in [-0.39, 0.29) is 10.7 Å². The van der Waals surface area contributed by atoms with Gasteiger partial charge in [-0.15, -0.1) is 11.3 Å². The molecule has 120 valence electrons. The molecule has 2 heterocycles. The molecule has 23 heavy (non-hydrogen) atoms. The van der Waals surface area contributed by atoms with Crippen LogP contribution in [-0.2, 0) is 0 Å². The summed E-state index contributed by atoms with van der Waals surface area (Å²) in [5.74, 6) is -1.51. The molecule has 2 aromatic rings. The Bertz CT molecular complexity index is 723. The van der Waals surface area contributed by atoms with Crippen LogP contribution in [0.5, 0.6) is 0 Å². The third kappa shape index (κ3) is 3.50. The topological polar surface area (TPSA) is 82.5 Å². The Morgan fingerprint density at radius 3 is 2.61 bits per heavy atom. The molecule has 3 rings (SSSR count). The molecule has 1 saturated heterocycles. The fourth-order valence-corrected chi connectivity index (χ4v) is 3.29. The zero-order chi connectivity index (χ0) is 16.2. The second-order valence-corrected chi connectivity index (χ2v) is 6.22. The van der Waals surface area contributed by atoms with Crippen LogP contribution < -0.4 is 10.2 Å². The van der Waals surface area contributed by atoms with Gasteiger partial charge in [-0.25, -0.2) is 9.78 Å². The lowest BCUT2D eigenvalue weighted by Crippen LogP contribution is -2.30. The Morgan fingerprint density at radius 1 is 1.17 bits per heavy atom. The Kier molecular flexibility index (Phi) is 4.57. The number of rotatable bonds is 4. The molecule has 0 spiro atoms. The number of hydrogen-bond donors (Lipinski definition) is 2. The van der Waals surface area contributed by atoms with E-state index in [1.165, 1.54) is 11.8 Å². The SMILES string of the molecule is O=C(Nc1ccccc1N1CCCCC1)c1csc(C(=O)O)n1. The van der Waals surface area contributed by atoms with Crippen LogP contribution in [0.15, 0.2) is 29.6 Å². The van der Waals surface area contributed by atoms with Gasteiger partial charge in [-0.3, -0.25) is 4.79 Å². The minimum Gasteiger partial charge on any atom is -0.476 e. The molecule has 2 N–H and O–H groups in total. The highest BCUT2D eigenvalue weighted by atomic mass is 32.1. The average molecular weight is 331 g/mol. The molecule has 6 nitrogen and oxygen atoms in total. The molecule has 1 aliphatic heterocycles. The largest absolute Gasteiger partial charge is 0.476 e. The summed E-state index contributed by atoms with van der Waals surface area (Å²) in [7, 11) is 0. The van der Waals surface area contributed by atoms with Crippen LogP contribution >= 0.6 is 11.3 Å². The van der Waals surface area contributed by atoms with Crippen molar-refractivity contribution in [1.29, 1.82) is 0 Å². The lowest BCUT2D eigenvalue weighted by atomic mass is 10.1.